The number of rotatable bonds is 3. The first kappa shape index (κ1) is 13.5. The van der Waals surface area contributed by atoms with E-state index < -0.39 is 0 Å². The second-order valence-electron chi connectivity index (χ2n) is 5.60. The minimum Gasteiger partial charge on any atom is -0.365 e. The minimum atomic E-state index is -0.204. The third kappa shape index (κ3) is 2.55. The van der Waals surface area contributed by atoms with Crippen molar-refractivity contribution in [2.45, 2.75) is 31.7 Å². The van der Waals surface area contributed by atoms with Gasteiger partial charge in [0.15, 0.2) is 6.04 Å². The van der Waals surface area contributed by atoms with Gasteiger partial charge in [0.05, 0.1) is 29.2 Å². The van der Waals surface area contributed by atoms with Gasteiger partial charge < -0.3 is 10.6 Å². The number of para-hydroxylation sites is 1. The number of hydrogen-bond donors (Lipinski definition) is 2. The standard InChI is InChI=1S/C15H19N3OS/c1-10(14(16)19)18-8-4-5-11(9-18)15-17-12-6-2-3-7-13(12)20-15/h2-3,6-7,10-11H,4-5,8-9H2,1H3,(H2,16,19)/p+1/t10-,11+/m1/s1. The molecule has 1 saturated heterocycles. The second kappa shape index (κ2) is 5.50. The van der Waals surface area contributed by atoms with Crippen molar-refractivity contribution in [3.63, 3.8) is 0 Å². The number of carbonyl (C=O) groups excluding carboxylic acids is 1. The summed E-state index contributed by atoms with van der Waals surface area (Å²) in [4.78, 5) is 17.4. The van der Waals surface area contributed by atoms with E-state index in [-0.39, 0.29) is 11.9 Å². The Kier molecular flexibility index (Phi) is 3.72. The number of aromatic nitrogens is 1. The Hall–Kier alpha value is -1.46. The maximum Gasteiger partial charge on any atom is 0.275 e. The average Bonchev–Trinajstić information content (AvgIpc) is 2.90. The van der Waals surface area contributed by atoms with E-state index in [1.807, 2.05) is 13.0 Å². The van der Waals surface area contributed by atoms with Gasteiger partial charge in [0, 0.05) is 0 Å². The summed E-state index contributed by atoms with van der Waals surface area (Å²) in [5.41, 5.74) is 6.53. The van der Waals surface area contributed by atoms with Crippen molar-refractivity contribution in [2.24, 2.45) is 5.73 Å². The highest BCUT2D eigenvalue weighted by atomic mass is 32.1. The first-order valence-corrected chi connectivity index (χ1v) is 7.96. The number of piperidine rings is 1. The van der Waals surface area contributed by atoms with Crippen molar-refractivity contribution in [3.05, 3.63) is 29.3 Å². The third-order valence-electron chi connectivity index (χ3n) is 4.26. The maximum atomic E-state index is 11.4. The average molecular weight is 290 g/mol. The molecule has 1 fully saturated rings. The van der Waals surface area contributed by atoms with Crippen LogP contribution in [0.3, 0.4) is 0 Å². The first-order valence-electron chi connectivity index (χ1n) is 7.14. The number of thiazole rings is 1. The lowest BCUT2D eigenvalue weighted by molar-refractivity contribution is -0.920. The van der Waals surface area contributed by atoms with Gasteiger partial charge in [-0.1, -0.05) is 12.1 Å². The molecule has 20 heavy (non-hydrogen) atoms. The molecule has 3 rings (SSSR count). The zero-order valence-corrected chi connectivity index (χ0v) is 12.5. The Bertz CT molecular complexity index is 591. The topological polar surface area (TPSA) is 60.4 Å². The molecule has 1 aromatic heterocycles. The summed E-state index contributed by atoms with van der Waals surface area (Å²) in [6, 6.07) is 8.16. The lowest BCUT2D eigenvalue weighted by Gasteiger charge is -2.31. The van der Waals surface area contributed by atoms with Crippen molar-refractivity contribution in [1.82, 2.24) is 4.98 Å². The fourth-order valence-corrected chi connectivity index (χ4v) is 4.07. The number of fused-ring (bicyclic) bond motifs is 1. The van der Waals surface area contributed by atoms with E-state index in [2.05, 4.69) is 18.2 Å². The van der Waals surface area contributed by atoms with Gasteiger partial charge in [-0.3, -0.25) is 4.79 Å². The van der Waals surface area contributed by atoms with Crippen LogP contribution < -0.4 is 10.6 Å². The Morgan fingerprint density at radius 3 is 3.05 bits per heavy atom. The molecule has 0 aliphatic carbocycles. The van der Waals surface area contributed by atoms with E-state index in [0.29, 0.717) is 5.92 Å². The van der Waals surface area contributed by atoms with Crippen LogP contribution in [0.5, 0.6) is 0 Å². The number of amides is 1. The number of hydrogen-bond acceptors (Lipinski definition) is 3. The molecule has 1 aromatic carbocycles. The number of nitrogens with zero attached hydrogens (tertiary/aromatic N) is 1. The molecule has 1 unspecified atom stereocenters. The van der Waals surface area contributed by atoms with Crippen molar-refractivity contribution < 1.29 is 9.69 Å². The van der Waals surface area contributed by atoms with E-state index in [4.69, 9.17) is 10.7 Å². The molecule has 0 bridgehead atoms. The third-order valence-corrected chi connectivity index (χ3v) is 5.46. The lowest BCUT2D eigenvalue weighted by atomic mass is 9.97. The predicted molar refractivity (Wildman–Crippen MR) is 80.9 cm³/mol. The van der Waals surface area contributed by atoms with Gasteiger partial charge in [0.25, 0.3) is 5.91 Å². The summed E-state index contributed by atoms with van der Waals surface area (Å²) in [5.74, 6) is 0.253. The van der Waals surface area contributed by atoms with E-state index in [0.717, 1.165) is 31.4 Å². The molecule has 0 saturated carbocycles. The van der Waals surface area contributed by atoms with E-state index in [9.17, 15) is 4.79 Å². The van der Waals surface area contributed by atoms with Crippen LogP contribution in [0.15, 0.2) is 24.3 Å². The van der Waals surface area contributed by atoms with Crippen molar-refractivity contribution in [2.75, 3.05) is 13.1 Å². The van der Waals surface area contributed by atoms with Crippen molar-refractivity contribution in [1.29, 1.82) is 0 Å². The predicted octanol–water partition coefficient (Wildman–Crippen LogP) is 0.932. The van der Waals surface area contributed by atoms with Crippen LogP contribution >= 0.6 is 11.3 Å². The molecule has 0 spiro atoms. The molecule has 2 heterocycles. The van der Waals surface area contributed by atoms with Gasteiger partial charge in [-0.05, 0) is 31.9 Å². The number of nitrogens with one attached hydrogen (secondary N) is 1. The number of carbonyl (C=O) groups is 1. The number of benzene rings is 1. The molecule has 1 amide bonds. The number of likely N-dealkylation sites (tertiary alicyclic amines) is 1. The molecular weight excluding hydrogens is 270 g/mol. The van der Waals surface area contributed by atoms with Gasteiger partial charge >= 0.3 is 0 Å². The van der Waals surface area contributed by atoms with Gasteiger partial charge in [-0.2, -0.15) is 0 Å². The highest BCUT2D eigenvalue weighted by Crippen LogP contribution is 2.30. The SMILES string of the molecule is C[C@H](C(N)=O)[NH+]1CCC[C@H](c2nc3ccccc3s2)C1. The molecule has 4 nitrogen and oxygen atoms in total. The zero-order valence-electron chi connectivity index (χ0n) is 11.6. The quantitative estimate of drug-likeness (QED) is 0.883. The lowest BCUT2D eigenvalue weighted by Crippen LogP contribution is -3.17. The van der Waals surface area contributed by atoms with Gasteiger partial charge in [-0.25, -0.2) is 4.98 Å². The van der Waals surface area contributed by atoms with Crippen molar-refractivity contribution >= 4 is 27.5 Å². The number of nitrogens with two attached hydrogens (primary N) is 1. The van der Waals surface area contributed by atoms with E-state index in [1.165, 1.54) is 14.6 Å². The van der Waals surface area contributed by atoms with Crippen LogP contribution in [0.1, 0.15) is 30.7 Å². The highest BCUT2D eigenvalue weighted by Gasteiger charge is 2.31. The van der Waals surface area contributed by atoms with Crippen LogP contribution in [0.2, 0.25) is 0 Å². The van der Waals surface area contributed by atoms with Crippen LogP contribution in [0.4, 0.5) is 0 Å². The van der Waals surface area contributed by atoms with Gasteiger partial charge in [-0.15, -0.1) is 11.3 Å². The molecule has 1 aliphatic rings. The first-order chi connectivity index (χ1) is 9.65. The molecule has 1 aliphatic heterocycles. The van der Waals surface area contributed by atoms with Crippen molar-refractivity contribution in [3.8, 4) is 0 Å². The Labute approximate surface area is 122 Å². The molecular formula is C15H20N3OS+. The maximum absolute atomic E-state index is 11.4. The Morgan fingerprint density at radius 2 is 2.30 bits per heavy atom. The molecule has 5 heteroatoms. The fourth-order valence-electron chi connectivity index (χ4n) is 2.97. The summed E-state index contributed by atoms with van der Waals surface area (Å²) >= 11 is 1.79. The summed E-state index contributed by atoms with van der Waals surface area (Å²) in [7, 11) is 0. The fraction of sp³-hybridized carbons (Fsp3) is 0.467. The van der Waals surface area contributed by atoms with Crippen LogP contribution in [-0.4, -0.2) is 30.0 Å². The van der Waals surface area contributed by atoms with E-state index in [1.54, 1.807) is 11.3 Å². The van der Waals surface area contributed by atoms with Crippen LogP contribution in [0, 0.1) is 0 Å². The largest absolute Gasteiger partial charge is 0.365 e. The second-order valence-corrected chi connectivity index (χ2v) is 6.66. The van der Waals surface area contributed by atoms with Crippen LogP contribution in [-0.2, 0) is 4.79 Å². The van der Waals surface area contributed by atoms with Gasteiger partial charge in [0.2, 0.25) is 0 Å². The van der Waals surface area contributed by atoms with Crippen LogP contribution in [0.25, 0.3) is 10.2 Å². The zero-order chi connectivity index (χ0) is 14.1. The summed E-state index contributed by atoms with van der Waals surface area (Å²) in [6.45, 7) is 3.92. The number of quaternary nitrogens is 1. The highest BCUT2D eigenvalue weighted by molar-refractivity contribution is 7.18. The normalized spacial score (nSPS) is 24.6. The summed E-state index contributed by atoms with van der Waals surface area (Å²) in [5, 5.41) is 1.21. The number of primary amides is 1. The summed E-state index contributed by atoms with van der Waals surface area (Å²) in [6.07, 6.45) is 2.29. The Balaban J connectivity index is 1.81. The van der Waals surface area contributed by atoms with E-state index >= 15 is 0 Å². The molecule has 3 N–H and O–H groups in total. The Morgan fingerprint density at radius 1 is 1.50 bits per heavy atom. The molecule has 0 radical (unpaired) electrons. The summed E-state index contributed by atoms with van der Waals surface area (Å²) < 4.78 is 1.25. The molecule has 106 valence electrons. The van der Waals surface area contributed by atoms with Gasteiger partial charge in [0.1, 0.15) is 5.01 Å². The molecule has 2 aromatic rings. The smallest absolute Gasteiger partial charge is 0.275 e. The monoisotopic (exact) mass is 290 g/mol. The molecule has 3 atom stereocenters. The minimum absolute atomic E-state index is 0.104.